The number of carboxylic acid groups (broad SMARTS) is 1. The first kappa shape index (κ1) is 21.0. The van der Waals surface area contributed by atoms with Crippen LogP contribution in [0.1, 0.15) is 55.0 Å². The van der Waals surface area contributed by atoms with Gasteiger partial charge in [0, 0.05) is 5.38 Å². The van der Waals surface area contributed by atoms with E-state index in [9.17, 15) is 15.0 Å². The van der Waals surface area contributed by atoms with E-state index < -0.39 is 17.4 Å². The largest absolute Gasteiger partial charge is 0.502 e. The summed E-state index contributed by atoms with van der Waals surface area (Å²) in [4.78, 5) is 20.0. The number of nitrogens with zero attached hydrogens (tertiary/aromatic N) is 2. The van der Waals surface area contributed by atoms with Crippen molar-refractivity contribution in [2.45, 2.75) is 46.0 Å². The monoisotopic (exact) mass is 394 g/mol. The molecule has 27 heavy (non-hydrogen) atoms. The van der Waals surface area contributed by atoms with Gasteiger partial charge in [-0.3, -0.25) is 0 Å². The highest BCUT2D eigenvalue weighted by Gasteiger charge is 2.26. The van der Waals surface area contributed by atoms with Gasteiger partial charge in [-0.25, -0.2) is 14.8 Å². The standard InChI is InChI=1S/C19H26N2O5S/c1-11(2)8-6-5-7-9-13-20-12(10-27-13)14-17(25-3)18(26-4)16(22)15(21-14)19(23)24/h10-11,22H,5-9H2,1-4H3,(H,23,24). The number of unbranched alkanes of at least 4 members (excludes halogenated alkanes) is 2. The Morgan fingerprint density at radius 1 is 1.15 bits per heavy atom. The maximum atomic E-state index is 11.4. The Labute approximate surface area is 163 Å². The second kappa shape index (κ2) is 9.55. The maximum absolute atomic E-state index is 11.4. The molecule has 0 atom stereocenters. The summed E-state index contributed by atoms with van der Waals surface area (Å²) < 4.78 is 10.4. The lowest BCUT2D eigenvalue weighted by molar-refractivity contribution is 0.0686. The second-order valence-corrected chi connectivity index (χ2v) is 7.59. The highest BCUT2D eigenvalue weighted by atomic mass is 32.1. The summed E-state index contributed by atoms with van der Waals surface area (Å²) in [5.41, 5.74) is 0.257. The Morgan fingerprint density at radius 2 is 1.85 bits per heavy atom. The Kier molecular flexibility index (Phi) is 7.41. The molecule has 0 aliphatic heterocycles. The quantitative estimate of drug-likeness (QED) is 0.576. The van der Waals surface area contributed by atoms with Gasteiger partial charge in [-0.05, 0) is 18.8 Å². The molecule has 0 aliphatic rings. The average molecular weight is 394 g/mol. The molecule has 7 nitrogen and oxygen atoms in total. The number of carboxylic acids is 1. The molecule has 0 amide bonds. The first-order chi connectivity index (χ1) is 12.9. The van der Waals surface area contributed by atoms with Crippen LogP contribution in [-0.4, -0.2) is 40.4 Å². The molecular formula is C19H26N2O5S. The van der Waals surface area contributed by atoms with E-state index >= 15 is 0 Å². The van der Waals surface area contributed by atoms with Crippen molar-refractivity contribution >= 4 is 17.3 Å². The van der Waals surface area contributed by atoms with Crippen LogP contribution in [0.3, 0.4) is 0 Å². The van der Waals surface area contributed by atoms with Gasteiger partial charge in [0.1, 0.15) is 11.4 Å². The minimum absolute atomic E-state index is 0.0665. The third-order valence-electron chi connectivity index (χ3n) is 4.16. The predicted octanol–water partition coefficient (Wildman–Crippen LogP) is 4.39. The third kappa shape index (κ3) is 5.09. The number of aryl methyl sites for hydroxylation is 1. The number of ether oxygens (including phenoxy) is 2. The highest BCUT2D eigenvalue weighted by molar-refractivity contribution is 7.09. The van der Waals surface area contributed by atoms with Crippen LogP contribution in [0.2, 0.25) is 0 Å². The third-order valence-corrected chi connectivity index (χ3v) is 5.07. The highest BCUT2D eigenvalue weighted by Crippen LogP contribution is 2.44. The molecule has 0 unspecified atom stereocenters. The van der Waals surface area contributed by atoms with Gasteiger partial charge in [-0.15, -0.1) is 11.3 Å². The summed E-state index contributed by atoms with van der Waals surface area (Å²) in [6.45, 7) is 4.45. The summed E-state index contributed by atoms with van der Waals surface area (Å²) >= 11 is 1.50. The van der Waals surface area contributed by atoms with Crippen LogP contribution in [0.25, 0.3) is 11.4 Å². The zero-order valence-corrected chi connectivity index (χ0v) is 16.9. The van der Waals surface area contributed by atoms with E-state index in [2.05, 4.69) is 23.8 Å². The fourth-order valence-electron chi connectivity index (χ4n) is 2.78. The second-order valence-electron chi connectivity index (χ2n) is 6.65. The minimum Gasteiger partial charge on any atom is -0.502 e. The van der Waals surface area contributed by atoms with Crippen molar-refractivity contribution in [2.24, 2.45) is 5.92 Å². The van der Waals surface area contributed by atoms with Gasteiger partial charge < -0.3 is 19.7 Å². The molecule has 0 bridgehead atoms. The van der Waals surface area contributed by atoms with E-state index in [0.717, 1.165) is 30.2 Å². The van der Waals surface area contributed by atoms with E-state index in [0.29, 0.717) is 5.69 Å². The molecular weight excluding hydrogens is 368 g/mol. The number of carbonyl (C=O) groups is 1. The number of pyridine rings is 1. The Hall–Kier alpha value is -2.35. The molecule has 0 saturated heterocycles. The number of hydrogen-bond donors (Lipinski definition) is 2. The van der Waals surface area contributed by atoms with Gasteiger partial charge in [0.2, 0.25) is 5.75 Å². The molecule has 2 heterocycles. The molecule has 2 N–H and O–H groups in total. The fraction of sp³-hybridized carbons (Fsp3) is 0.526. The zero-order valence-electron chi connectivity index (χ0n) is 16.1. The van der Waals surface area contributed by atoms with Crippen LogP contribution in [0.15, 0.2) is 5.38 Å². The number of rotatable bonds is 10. The molecule has 8 heteroatoms. The van der Waals surface area contributed by atoms with Crippen molar-refractivity contribution in [3.05, 3.63) is 16.1 Å². The van der Waals surface area contributed by atoms with E-state index in [1.54, 1.807) is 0 Å². The summed E-state index contributed by atoms with van der Waals surface area (Å²) in [5, 5.41) is 22.2. The van der Waals surface area contributed by atoms with Crippen molar-refractivity contribution in [3.63, 3.8) is 0 Å². The summed E-state index contributed by atoms with van der Waals surface area (Å²) in [7, 11) is 2.74. The van der Waals surface area contributed by atoms with Gasteiger partial charge in [0.15, 0.2) is 17.2 Å². The van der Waals surface area contributed by atoms with Gasteiger partial charge in [-0.1, -0.05) is 33.1 Å². The number of aromatic carboxylic acids is 1. The maximum Gasteiger partial charge on any atom is 0.358 e. The fourth-order valence-corrected chi connectivity index (χ4v) is 3.60. The number of methoxy groups -OCH3 is 2. The Bertz CT molecular complexity index is 789. The predicted molar refractivity (Wildman–Crippen MR) is 104 cm³/mol. The van der Waals surface area contributed by atoms with Crippen molar-refractivity contribution in [2.75, 3.05) is 14.2 Å². The Morgan fingerprint density at radius 3 is 2.44 bits per heavy atom. The van der Waals surface area contributed by atoms with Crippen LogP contribution in [0.5, 0.6) is 17.2 Å². The van der Waals surface area contributed by atoms with Gasteiger partial charge in [0.25, 0.3) is 0 Å². The normalized spacial score (nSPS) is 11.0. The zero-order chi connectivity index (χ0) is 20.0. The molecule has 148 valence electrons. The van der Waals surface area contributed by atoms with Crippen LogP contribution in [0.4, 0.5) is 0 Å². The lowest BCUT2D eigenvalue weighted by Gasteiger charge is -2.13. The smallest absolute Gasteiger partial charge is 0.358 e. The minimum atomic E-state index is -1.35. The first-order valence-electron chi connectivity index (χ1n) is 8.92. The molecule has 2 aromatic heterocycles. The van der Waals surface area contributed by atoms with Crippen LogP contribution in [-0.2, 0) is 6.42 Å². The van der Waals surface area contributed by atoms with Crippen molar-refractivity contribution in [1.82, 2.24) is 9.97 Å². The van der Waals surface area contributed by atoms with Gasteiger partial charge >= 0.3 is 5.97 Å². The molecule has 0 spiro atoms. The number of thiazole rings is 1. The molecule has 2 rings (SSSR count). The van der Waals surface area contributed by atoms with E-state index in [1.165, 1.54) is 38.4 Å². The molecule has 2 aromatic rings. The number of aromatic nitrogens is 2. The van der Waals surface area contributed by atoms with Crippen LogP contribution >= 0.6 is 11.3 Å². The SMILES string of the molecule is COc1c(-c2csc(CCCCCC(C)C)n2)nc(C(=O)O)c(O)c1OC. The molecule has 0 aliphatic carbocycles. The summed E-state index contributed by atoms with van der Waals surface area (Å²) in [5.74, 6) is -1.10. The van der Waals surface area contributed by atoms with Gasteiger partial charge in [-0.2, -0.15) is 0 Å². The number of hydrogen-bond acceptors (Lipinski definition) is 7. The molecule has 0 fully saturated rings. The van der Waals surface area contributed by atoms with Gasteiger partial charge in [0.05, 0.1) is 19.2 Å². The molecule has 0 aromatic carbocycles. The first-order valence-corrected chi connectivity index (χ1v) is 9.80. The van der Waals surface area contributed by atoms with Crippen molar-refractivity contribution < 1.29 is 24.5 Å². The van der Waals surface area contributed by atoms with Crippen LogP contribution in [0, 0.1) is 5.92 Å². The van der Waals surface area contributed by atoms with Crippen LogP contribution < -0.4 is 9.47 Å². The summed E-state index contributed by atoms with van der Waals surface area (Å²) in [6, 6.07) is 0. The lowest BCUT2D eigenvalue weighted by Crippen LogP contribution is -2.06. The van der Waals surface area contributed by atoms with E-state index in [4.69, 9.17) is 9.47 Å². The van der Waals surface area contributed by atoms with E-state index in [1.807, 2.05) is 5.38 Å². The molecule has 0 radical (unpaired) electrons. The molecule has 0 saturated carbocycles. The van der Waals surface area contributed by atoms with Crippen molar-refractivity contribution in [3.8, 4) is 28.6 Å². The topological polar surface area (TPSA) is 102 Å². The lowest BCUT2D eigenvalue weighted by atomic mass is 10.0. The summed E-state index contributed by atoms with van der Waals surface area (Å²) in [6.07, 6.45) is 5.53. The average Bonchev–Trinajstić information content (AvgIpc) is 3.08. The Balaban J connectivity index is 2.24. The van der Waals surface area contributed by atoms with E-state index in [-0.39, 0.29) is 17.2 Å². The van der Waals surface area contributed by atoms with Crippen molar-refractivity contribution in [1.29, 1.82) is 0 Å². The number of aromatic hydroxyl groups is 1.